The topological polar surface area (TPSA) is 84.7 Å². The normalized spacial score (nSPS) is 16.5. The first-order valence-electron chi connectivity index (χ1n) is 9.98. The lowest BCUT2D eigenvalue weighted by molar-refractivity contribution is -0.139. The van der Waals surface area contributed by atoms with Gasteiger partial charge in [-0.15, -0.1) is 0 Å². The Bertz CT molecular complexity index is 876. The van der Waals surface area contributed by atoms with Crippen molar-refractivity contribution in [3.63, 3.8) is 0 Å². The van der Waals surface area contributed by atoms with E-state index in [0.717, 1.165) is 18.4 Å². The van der Waals surface area contributed by atoms with E-state index >= 15 is 0 Å². The predicted octanol–water partition coefficient (Wildman–Crippen LogP) is 3.51. The van der Waals surface area contributed by atoms with Gasteiger partial charge in [0.05, 0.1) is 17.8 Å². The second-order valence-corrected chi connectivity index (χ2v) is 8.61. The van der Waals surface area contributed by atoms with E-state index in [4.69, 9.17) is 9.84 Å². The number of rotatable bonds is 5. The summed E-state index contributed by atoms with van der Waals surface area (Å²) in [4.78, 5) is 25.7. The van der Waals surface area contributed by atoms with Crippen molar-refractivity contribution in [1.29, 1.82) is 0 Å². The van der Waals surface area contributed by atoms with Gasteiger partial charge in [0, 0.05) is 19.3 Å². The number of aromatic carboxylic acids is 1. The van der Waals surface area contributed by atoms with Gasteiger partial charge in [0.15, 0.2) is 6.10 Å². The van der Waals surface area contributed by atoms with Crippen LogP contribution >= 0.6 is 0 Å². The molecule has 1 N–H and O–H groups in total. The molecule has 1 aliphatic heterocycles. The van der Waals surface area contributed by atoms with Crippen molar-refractivity contribution < 1.29 is 19.4 Å². The summed E-state index contributed by atoms with van der Waals surface area (Å²) >= 11 is 0. The molecule has 2 heterocycles. The fourth-order valence-electron chi connectivity index (χ4n) is 3.55. The first-order chi connectivity index (χ1) is 13.6. The molecule has 3 rings (SSSR count). The number of piperidine rings is 1. The first-order valence-corrected chi connectivity index (χ1v) is 9.98. The number of hydrogen-bond acceptors (Lipinski definition) is 4. The smallest absolute Gasteiger partial charge is 0.338 e. The molecular weight excluding hydrogens is 370 g/mol. The molecule has 29 heavy (non-hydrogen) atoms. The van der Waals surface area contributed by atoms with Crippen molar-refractivity contribution >= 4 is 11.9 Å². The van der Waals surface area contributed by atoms with Gasteiger partial charge in [0.1, 0.15) is 5.75 Å². The van der Waals surface area contributed by atoms with Crippen LogP contribution in [0.4, 0.5) is 0 Å². The molecule has 1 aromatic heterocycles. The summed E-state index contributed by atoms with van der Waals surface area (Å²) in [6, 6.07) is 7.99. The summed E-state index contributed by atoms with van der Waals surface area (Å²) in [5.41, 5.74) is 1.36. The minimum atomic E-state index is -0.981. The Balaban J connectivity index is 1.56. The van der Waals surface area contributed by atoms with Crippen molar-refractivity contribution in [1.82, 2.24) is 14.7 Å². The van der Waals surface area contributed by atoms with Crippen LogP contribution in [0.1, 0.15) is 62.5 Å². The number of carbonyl (C=O) groups excluding carboxylic acids is 1. The van der Waals surface area contributed by atoms with Crippen LogP contribution < -0.4 is 4.74 Å². The number of hydrogen-bond donors (Lipinski definition) is 1. The number of carbonyl (C=O) groups is 2. The highest BCUT2D eigenvalue weighted by Crippen LogP contribution is 2.27. The highest BCUT2D eigenvalue weighted by molar-refractivity contribution is 5.86. The predicted molar refractivity (Wildman–Crippen MR) is 109 cm³/mol. The third-order valence-electron chi connectivity index (χ3n) is 5.36. The van der Waals surface area contributed by atoms with Crippen LogP contribution in [-0.2, 0) is 10.2 Å². The van der Waals surface area contributed by atoms with Crippen LogP contribution in [-0.4, -0.2) is 50.9 Å². The zero-order valence-electron chi connectivity index (χ0n) is 17.5. The molecule has 1 unspecified atom stereocenters. The Morgan fingerprint density at radius 2 is 1.93 bits per heavy atom. The molecule has 1 amide bonds. The largest absolute Gasteiger partial charge is 0.481 e. The van der Waals surface area contributed by atoms with Gasteiger partial charge in [0.2, 0.25) is 0 Å². The number of ether oxygens (including phenoxy) is 1. The maximum Gasteiger partial charge on any atom is 0.338 e. The molecule has 0 bridgehead atoms. The lowest BCUT2D eigenvalue weighted by Crippen LogP contribution is -2.45. The fourth-order valence-corrected chi connectivity index (χ4v) is 3.55. The minimum Gasteiger partial charge on any atom is -0.481 e. The van der Waals surface area contributed by atoms with Crippen molar-refractivity contribution in [3.05, 3.63) is 47.8 Å². The third kappa shape index (κ3) is 4.96. The molecule has 7 heteroatoms. The molecule has 0 spiro atoms. The van der Waals surface area contributed by atoms with E-state index in [1.165, 1.54) is 6.20 Å². The van der Waals surface area contributed by atoms with Crippen molar-refractivity contribution in [2.75, 3.05) is 13.1 Å². The maximum absolute atomic E-state index is 12.8. The van der Waals surface area contributed by atoms with E-state index in [9.17, 15) is 9.59 Å². The van der Waals surface area contributed by atoms with Crippen LogP contribution in [0.15, 0.2) is 36.7 Å². The number of carboxylic acid groups (broad SMARTS) is 1. The molecule has 1 fully saturated rings. The van der Waals surface area contributed by atoms with Gasteiger partial charge >= 0.3 is 5.97 Å². The summed E-state index contributed by atoms with van der Waals surface area (Å²) in [5, 5.41) is 13.2. The highest BCUT2D eigenvalue weighted by atomic mass is 16.5. The van der Waals surface area contributed by atoms with Crippen molar-refractivity contribution in [2.24, 2.45) is 0 Å². The van der Waals surface area contributed by atoms with Gasteiger partial charge in [-0.25, -0.2) is 4.79 Å². The van der Waals surface area contributed by atoms with Crippen molar-refractivity contribution in [3.8, 4) is 5.75 Å². The standard InChI is InChI=1S/C22H29N3O4/c1-15(29-19-7-5-6-17(12-19)22(2,3)4)20(26)24-10-8-18(9-11-24)25-14-16(13-23-25)21(27)28/h5-7,12-15,18H,8-11H2,1-4H3,(H,27,28). The zero-order valence-corrected chi connectivity index (χ0v) is 17.5. The molecule has 1 saturated heterocycles. The lowest BCUT2D eigenvalue weighted by Gasteiger charge is -2.33. The highest BCUT2D eigenvalue weighted by Gasteiger charge is 2.28. The van der Waals surface area contributed by atoms with E-state index < -0.39 is 12.1 Å². The molecule has 7 nitrogen and oxygen atoms in total. The molecule has 0 aliphatic carbocycles. The summed E-state index contributed by atoms with van der Waals surface area (Å²) in [7, 11) is 0. The molecule has 1 aromatic carbocycles. The van der Waals surface area contributed by atoms with Crippen LogP contribution in [0, 0.1) is 0 Å². The molecule has 0 radical (unpaired) electrons. The average Bonchev–Trinajstić information content (AvgIpc) is 3.17. The fraction of sp³-hybridized carbons (Fsp3) is 0.500. The first kappa shape index (κ1) is 20.9. The summed E-state index contributed by atoms with van der Waals surface area (Å²) < 4.78 is 7.63. The van der Waals surface area contributed by atoms with E-state index in [-0.39, 0.29) is 22.9 Å². The van der Waals surface area contributed by atoms with Crippen molar-refractivity contribution in [2.45, 2.75) is 58.1 Å². The second-order valence-electron chi connectivity index (χ2n) is 8.61. The SMILES string of the molecule is CC(Oc1cccc(C(C)(C)C)c1)C(=O)N1CCC(n2cc(C(=O)O)cn2)CC1. The Morgan fingerprint density at radius 1 is 1.24 bits per heavy atom. The molecule has 1 atom stereocenters. The van der Waals surface area contributed by atoms with Crippen LogP contribution in [0.2, 0.25) is 0 Å². The summed E-state index contributed by atoms with van der Waals surface area (Å²) in [6.07, 6.45) is 3.82. The van der Waals surface area contributed by atoms with E-state index in [0.29, 0.717) is 18.8 Å². The number of carboxylic acids is 1. The molecule has 1 aliphatic rings. The minimum absolute atomic E-state index is 0.0154. The Hall–Kier alpha value is -2.83. The lowest BCUT2D eigenvalue weighted by atomic mass is 9.87. The van der Waals surface area contributed by atoms with E-state index in [1.54, 1.807) is 17.8 Å². The Morgan fingerprint density at radius 3 is 2.52 bits per heavy atom. The van der Waals surface area contributed by atoms with E-state index in [2.05, 4.69) is 31.9 Å². The second kappa shape index (κ2) is 8.27. The monoisotopic (exact) mass is 399 g/mol. The number of amides is 1. The van der Waals surface area contributed by atoms with Gasteiger partial charge < -0.3 is 14.7 Å². The van der Waals surface area contributed by atoms with Gasteiger partial charge in [-0.05, 0) is 42.9 Å². The van der Waals surface area contributed by atoms with Crippen LogP contribution in [0.5, 0.6) is 5.75 Å². The number of aromatic nitrogens is 2. The van der Waals surface area contributed by atoms with Crippen LogP contribution in [0.25, 0.3) is 0 Å². The van der Waals surface area contributed by atoms with Gasteiger partial charge in [0.25, 0.3) is 5.91 Å². The maximum atomic E-state index is 12.8. The summed E-state index contributed by atoms with van der Waals surface area (Å²) in [6.45, 7) is 9.41. The molecular formula is C22H29N3O4. The number of nitrogens with zero attached hydrogens (tertiary/aromatic N) is 3. The van der Waals surface area contributed by atoms with E-state index in [1.807, 2.05) is 23.1 Å². The zero-order chi connectivity index (χ0) is 21.2. The van der Waals surface area contributed by atoms with Crippen LogP contribution in [0.3, 0.4) is 0 Å². The van der Waals surface area contributed by atoms with Gasteiger partial charge in [-0.2, -0.15) is 5.10 Å². The number of likely N-dealkylation sites (tertiary alicyclic amines) is 1. The van der Waals surface area contributed by atoms with Gasteiger partial charge in [-0.3, -0.25) is 9.48 Å². The number of benzene rings is 1. The average molecular weight is 399 g/mol. The molecule has 156 valence electrons. The molecule has 2 aromatic rings. The molecule has 0 saturated carbocycles. The summed E-state index contributed by atoms with van der Waals surface area (Å²) in [5.74, 6) is -0.312. The Labute approximate surface area is 171 Å². The quantitative estimate of drug-likeness (QED) is 0.832. The van der Waals surface area contributed by atoms with Gasteiger partial charge in [-0.1, -0.05) is 32.9 Å². The third-order valence-corrected chi connectivity index (χ3v) is 5.36. The Kier molecular flexibility index (Phi) is 5.96.